The van der Waals surface area contributed by atoms with Crippen molar-refractivity contribution < 1.29 is 0 Å². The van der Waals surface area contributed by atoms with Crippen molar-refractivity contribution >= 4 is 5.82 Å². The predicted molar refractivity (Wildman–Crippen MR) is 55.4 cm³/mol. The van der Waals surface area contributed by atoms with Gasteiger partial charge in [-0.25, -0.2) is 0 Å². The Kier molecular flexibility index (Phi) is 1.77. The SMILES string of the molecule is N[C@@H]1CCN(c2cc(C3CC3)[nH]n2)C1. The quantitative estimate of drug-likeness (QED) is 0.729. The number of nitrogens with two attached hydrogens (primary N) is 1. The first-order valence-electron chi connectivity index (χ1n) is 5.39. The third kappa shape index (κ3) is 1.39. The van der Waals surface area contributed by atoms with E-state index in [2.05, 4.69) is 21.2 Å². The van der Waals surface area contributed by atoms with Gasteiger partial charge in [0.1, 0.15) is 0 Å². The number of aromatic amines is 1. The first kappa shape index (κ1) is 8.29. The van der Waals surface area contributed by atoms with E-state index < -0.39 is 0 Å². The first-order chi connectivity index (χ1) is 6.83. The van der Waals surface area contributed by atoms with E-state index in [1.54, 1.807) is 0 Å². The molecule has 1 atom stereocenters. The van der Waals surface area contributed by atoms with Gasteiger partial charge in [0.25, 0.3) is 0 Å². The molecule has 4 heteroatoms. The van der Waals surface area contributed by atoms with Gasteiger partial charge in [-0.3, -0.25) is 5.10 Å². The van der Waals surface area contributed by atoms with Crippen molar-refractivity contribution in [1.82, 2.24) is 10.2 Å². The van der Waals surface area contributed by atoms with Crippen molar-refractivity contribution in [2.45, 2.75) is 31.2 Å². The van der Waals surface area contributed by atoms with E-state index in [1.165, 1.54) is 18.5 Å². The molecule has 1 saturated carbocycles. The van der Waals surface area contributed by atoms with E-state index in [0.717, 1.165) is 31.2 Å². The molecule has 2 aliphatic rings. The van der Waals surface area contributed by atoms with Gasteiger partial charge in [0.15, 0.2) is 5.82 Å². The normalized spacial score (nSPS) is 27.2. The summed E-state index contributed by atoms with van der Waals surface area (Å²) < 4.78 is 0. The van der Waals surface area contributed by atoms with Crippen LogP contribution in [0.4, 0.5) is 5.82 Å². The lowest BCUT2D eigenvalue weighted by Gasteiger charge is -2.13. The molecule has 0 spiro atoms. The molecule has 76 valence electrons. The number of H-pyrrole nitrogens is 1. The van der Waals surface area contributed by atoms with Crippen LogP contribution in [0.15, 0.2) is 6.07 Å². The van der Waals surface area contributed by atoms with Crippen molar-refractivity contribution in [3.05, 3.63) is 11.8 Å². The van der Waals surface area contributed by atoms with E-state index in [9.17, 15) is 0 Å². The van der Waals surface area contributed by atoms with Gasteiger partial charge in [-0.1, -0.05) is 0 Å². The molecule has 1 aromatic heterocycles. The molecule has 3 N–H and O–H groups in total. The number of nitrogens with zero attached hydrogens (tertiary/aromatic N) is 2. The van der Waals surface area contributed by atoms with Crippen molar-refractivity contribution in [1.29, 1.82) is 0 Å². The van der Waals surface area contributed by atoms with Gasteiger partial charge in [-0.2, -0.15) is 5.10 Å². The molecule has 2 fully saturated rings. The molecule has 3 rings (SSSR count). The second-order valence-electron chi connectivity index (χ2n) is 4.45. The highest BCUT2D eigenvalue weighted by atomic mass is 15.3. The number of nitrogens with one attached hydrogen (secondary N) is 1. The Labute approximate surface area is 83.5 Å². The third-order valence-electron chi connectivity index (χ3n) is 3.15. The monoisotopic (exact) mass is 192 g/mol. The molecular formula is C10H16N4. The molecule has 1 aliphatic heterocycles. The van der Waals surface area contributed by atoms with Crippen LogP contribution in [0, 0.1) is 0 Å². The Morgan fingerprint density at radius 3 is 2.93 bits per heavy atom. The fraction of sp³-hybridized carbons (Fsp3) is 0.700. The second kappa shape index (κ2) is 2.98. The Morgan fingerprint density at radius 2 is 2.29 bits per heavy atom. The summed E-state index contributed by atoms with van der Waals surface area (Å²) in [6, 6.07) is 2.52. The molecule has 1 saturated heterocycles. The van der Waals surface area contributed by atoms with Crippen LogP contribution in [-0.4, -0.2) is 29.3 Å². The van der Waals surface area contributed by atoms with Crippen LogP contribution in [0.3, 0.4) is 0 Å². The Bertz CT molecular complexity index is 329. The molecule has 0 aromatic carbocycles. The summed E-state index contributed by atoms with van der Waals surface area (Å²) in [7, 11) is 0. The second-order valence-corrected chi connectivity index (χ2v) is 4.45. The molecule has 1 aliphatic carbocycles. The molecule has 0 bridgehead atoms. The number of hydrogen-bond donors (Lipinski definition) is 2. The summed E-state index contributed by atoms with van der Waals surface area (Å²) in [6.07, 6.45) is 3.73. The molecule has 4 nitrogen and oxygen atoms in total. The Morgan fingerprint density at radius 1 is 1.43 bits per heavy atom. The lowest BCUT2D eigenvalue weighted by Crippen LogP contribution is -2.26. The lowest BCUT2D eigenvalue weighted by atomic mass is 10.3. The van der Waals surface area contributed by atoms with E-state index in [4.69, 9.17) is 5.73 Å². The number of hydrogen-bond acceptors (Lipinski definition) is 3. The van der Waals surface area contributed by atoms with Crippen LogP contribution in [0.25, 0.3) is 0 Å². The minimum Gasteiger partial charge on any atom is -0.354 e. The summed E-state index contributed by atoms with van der Waals surface area (Å²) in [5, 5.41) is 7.47. The summed E-state index contributed by atoms with van der Waals surface area (Å²) in [4.78, 5) is 2.27. The molecule has 0 unspecified atom stereocenters. The highest BCUT2D eigenvalue weighted by molar-refractivity contribution is 5.42. The zero-order valence-corrected chi connectivity index (χ0v) is 8.24. The van der Waals surface area contributed by atoms with Crippen LogP contribution in [0.5, 0.6) is 0 Å². The molecule has 0 amide bonds. The fourth-order valence-corrected chi connectivity index (χ4v) is 2.09. The third-order valence-corrected chi connectivity index (χ3v) is 3.15. The van der Waals surface area contributed by atoms with E-state index in [-0.39, 0.29) is 0 Å². The van der Waals surface area contributed by atoms with E-state index in [1.807, 2.05) is 0 Å². The Hall–Kier alpha value is -1.03. The smallest absolute Gasteiger partial charge is 0.150 e. The minimum atomic E-state index is 0.330. The van der Waals surface area contributed by atoms with Crippen molar-refractivity contribution in [2.24, 2.45) is 5.73 Å². The highest BCUT2D eigenvalue weighted by Gasteiger charge is 2.27. The van der Waals surface area contributed by atoms with Gasteiger partial charge < -0.3 is 10.6 Å². The Balaban J connectivity index is 1.75. The van der Waals surface area contributed by atoms with Gasteiger partial charge >= 0.3 is 0 Å². The van der Waals surface area contributed by atoms with Gasteiger partial charge in [0.05, 0.1) is 0 Å². The average molecular weight is 192 g/mol. The first-order valence-corrected chi connectivity index (χ1v) is 5.39. The number of aromatic nitrogens is 2. The molecule has 2 heterocycles. The van der Waals surface area contributed by atoms with Crippen molar-refractivity contribution in [3.8, 4) is 0 Å². The predicted octanol–water partition coefficient (Wildman–Crippen LogP) is 0.824. The van der Waals surface area contributed by atoms with Crippen LogP contribution < -0.4 is 10.6 Å². The molecular weight excluding hydrogens is 176 g/mol. The van der Waals surface area contributed by atoms with Crippen LogP contribution in [0.1, 0.15) is 30.9 Å². The maximum absolute atomic E-state index is 5.86. The average Bonchev–Trinajstić information content (AvgIpc) is 2.76. The summed E-state index contributed by atoms with van der Waals surface area (Å²) in [5.74, 6) is 1.84. The van der Waals surface area contributed by atoms with E-state index >= 15 is 0 Å². The van der Waals surface area contributed by atoms with Gasteiger partial charge in [0.2, 0.25) is 0 Å². The minimum absolute atomic E-state index is 0.330. The highest BCUT2D eigenvalue weighted by Crippen LogP contribution is 2.39. The fourth-order valence-electron chi connectivity index (χ4n) is 2.09. The van der Waals surface area contributed by atoms with Crippen molar-refractivity contribution in [2.75, 3.05) is 18.0 Å². The lowest BCUT2D eigenvalue weighted by molar-refractivity contribution is 0.751. The van der Waals surface area contributed by atoms with Gasteiger partial charge in [0, 0.05) is 36.8 Å². The zero-order valence-electron chi connectivity index (χ0n) is 8.24. The van der Waals surface area contributed by atoms with Crippen molar-refractivity contribution in [3.63, 3.8) is 0 Å². The molecule has 1 aromatic rings. The molecule has 14 heavy (non-hydrogen) atoms. The van der Waals surface area contributed by atoms with Crippen LogP contribution in [0.2, 0.25) is 0 Å². The van der Waals surface area contributed by atoms with Gasteiger partial charge in [-0.05, 0) is 19.3 Å². The molecule has 0 radical (unpaired) electrons. The van der Waals surface area contributed by atoms with Gasteiger partial charge in [-0.15, -0.1) is 0 Å². The summed E-state index contributed by atoms with van der Waals surface area (Å²) in [6.45, 7) is 2.01. The summed E-state index contributed by atoms with van der Waals surface area (Å²) in [5.41, 5.74) is 7.17. The zero-order chi connectivity index (χ0) is 9.54. The number of rotatable bonds is 2. The van der Waals surface area contributed by atoms with Crippen LogP contribution in [-0.2, 0) is 0 Å². The standard InChI is InChI=1S/C10H16N4/c11-8-3-4-14(6-8)10-5-9(12-13-10)7-1-2-7/h5,7-8H,1-4,6,11H2,(H,12,13)/t8-/m1/s1. The van der Waals surface area contributed by atoms with E-state index in [0.29, 0.717) is 6.04 Å². The topological polar surface area (TPSA) is 57.9 Å². The number of anilines is 1. The van der Waals surface area contributed by atoms with Crippen LogP contribution >= 0.6 is 0 Å². The maximum Gasteiger partial charge on any atom is 0.150 e. The largest absolute Gasteiger partial charge is 0.354 e. The maximum atomic E-state index is 5.86. The summed E-state index contributed by atoms with van der Waals surface area (Å²) >= 11 is 0.